The minimum atomic E-state index is 0.160. The Morgan fingerprint density at radius 1 is 1.19 bits per heavy atom. The molecule has 3 aromatic heterocycles. The fourth-order valence-corrected chi connectivity index (χ4v) is 6.76. The first-order valence-corrected chi connectivity index (χ1v) is 13.9. The van der Waals surface area contributed by atoms with E-state index in [2.05, 4.69) is 36.9 Å². The van der Waals surface area contributed by atoms with Gasteiger partial charge in [0.15, 0.2) is 22.1 Å². The van der Waals surface area contributed by atoms with Gasteiger partial charge >= 0.3 is 0 Å². The number of piperidine rings is 1. The SMILES string of the molecule is CC(=O)N1CCCC(CCn2c(Sc3cc4c(cc3-c3cc[nH]n3)CCCC4)nc3c(N)ncnc32)C1. The molecule has 192 valence electrons. The van der Waals surface area contributed by atoms with Crippen LogP contribution in [0, 0.1) is 5.92 Å². The molecule has 1 fully saturated rings. The monoisotopic (exact) mass is 516 g/mol. The maximum absolute atomic E-state index is 11.9. The molecule has 1 amide bonds. The molecule has 1 aromatic carbocycles. The first-order valence-electron chi connectivity index (χ1n) is 13.1. The molecule has 0 bridgehead atoms. The molecule has 3 N–H and O–H groups in total. The number of benzene rings is 1. The van der Waals surface area contributed by atoms with Crippen molar-refractivity contribution in [1.82, 2.24) is 34.6 Å². The van der Waals surface area contributed by atoms with Crippen LogP contribution < -0.4 is 5.73 Å². The Morgan fingerprint density at radius 2 is 2.03 bits per heavy atom. The van der Waals surface area contributed by atoms with Crippen LogP contribution in [0.25, 0.3) is 22.4 Å². The molecule has 1 aliphatic heterocycles. The summed E-state index contributed by atoms with van der Waals surface area (Å²) in [5, 5.41) is 8.32. The van der Waals surface area contributed by atoms with Crippen LogP contribution in [0.1, 0.15) is 50.2 Å². The van der Waals surface area contributed by atoms with Gasteiger partial charge in [-0.3, -0.25) is 9.89 Å². The number of carbonyl (C=O) groups is 1. The van der Waals surface area contributed by atoms with Crippen molar-refractivity contribution >= 4 is 34.7 Å². The molecule has 6 rings (SSSR count). The van der Waals surface area contributed by atoms with E-state index in [4.69, 9.17) is 10.7 Å². The van der Waals surface area contributed by atoms with Crippen molar-refractivity contribution in [3.8, 4) is 11.3 Å². The first-order chi connectivity index (χ1) is 18.1. The number of imidazole rings is 1. The summed E-state index contributed by atoms with van der Waals surface area (Å²) in [6, 6.07) is 6.66. The van der Waals surface area contributed by atoms with Crippen molar-refractivity contribution in [2.45, 2.75) is 68.5 Å². The third-order valence-electron chi connectivity index (χ3n) is 7.67. The van der Waals surface area contributed by atoms with E-state index in [0.717, 1.165) is 78.7 Å². The number of anilines is 1. The van der Waals surface area contributed by atoms with Gasteiger partial charge in [-0.25, -0.2) is 15.0 Å². The fourth-order valence-electron chi connectivity index (χ4n) is 5.67. The highest BCUT2D eigenvalue weighted by molar-refractivity contribution is 7.99. The van der Waals surface area contributed by atoms with E-state index in [1.807, 2.05) is 17.2 Å². The lowest BCUT2D eigenvalue weighted by atomic mass is 9.90. The van der Waals surface area contributed by atoms with Crippen LogP contribution in [-0.4, -0.2) is 53.6 Å². The van der Waals surface area contributed by atoms with Gasteiger partial charge in [-0.15, -0.1) is 0 Å². The zero-order chi connectivity index (χ0) is 25.4. The van der Waals surface area contributed by atoms with E-state index < -0.39 is 0 Å². The zero-order valence-electron chi connectivity index (χ0n) is 21.1. The number of aryl methyl sites for hydroxylation is 3. The van der Waals surface area contributed by atoms with E-state index >= 15 is 0 Å². The highest BCUT2D eigenvalue weighted by atomic mass is 32.2. The number of H-pyrrole nitrogens is 1. The Morgan fingerprint density at radius 3 is 2.81 bits per heavy atom. The predicted molar refractivity (Wildman–Crippen MR) is 144 cm³/mol. The van der Waals surface area contributed by atoms with Crippen molar-refractivity contribution in [2.75, 3.05) is 18.8 Å². The number of hydrogen-bond acceptors (Lipinski definition) is 7. The molecule has 1 unspecified atom stereocenters. The number of likely N-dealkylation sites (tertiary alicyclic amines) is 1. The lowest BCUT2D eigenvalue weighted by Gasteiger charge is -2.32. The maximum atomic E-state index is 11.9. The topological polar surface area (TPSA) is 119 Å². The van der Waals surface area contributed by atoms with Crippen LogP contribution in [0.4, 0.5) is 5.82 Å². The van der Waals surface area contributed by atoms with Crippen LogP contribution in [0.3, 0.4) is 0 Å². The number of nitrogens with zero attached hydrogens (tertiary/aromatic N) is 6. The van der Waals surface area contributed by atoms with Gasteiger partial charge in [0.2, 0.25) is 5.91 Å². The molecule has 1 aliphatic carbocycles. The zero-order valence-corrected chi connectivity index (χ0v) is 21.9. The van der Waals surface area contributed by atoms with Gasteiger partial charge in [-0.1, -0.05) is 11.8 Å². The quantitative estimate of drug-likeness (QED) is 0.388. The molecule has 1 atom stereocenters. The van der Waals surface area contributed by atoms with Gasteiger partial charge in [-0.2, -0.15) is 5.10 Å². The van der Waals surface area contributed by atoms with Gasteiger partial charge in [0.05, 0.1) is 5.69 Å². The number of rotatable bonds is 6. The molecule has 1 saturated heterocycles. The highest BCUT2D eigenvalue weighted by Gasteiger charge is 2.24. The van der Waals surface area contributed by atoms with E-state index in [9.17, 15) is 4.79 Å². The predicted octanol–water partition coefficient (Wildman–Crippen LogP) is 4.48. The minimum absolute atomic E-state index is 0.160. The Hall–Kier alpha value is -3.40. The van der Waals surface area contributed by atoms with E-state index in [1.54, 1.807) is 18.7 Å². The molecular formula is C27H32N8OS. The molecule has 2 aliphatic rings. The highest BCUT2D eigenvalue weighted by Crippen LogP contribution is 2.40. The molecule has 4 aromatic rings. The summed E-state index contributed by atoms with van der Waals surface area (Å²) in [6.07, 6.45) is 11.2. The minimum Gasteiger partial charge on any atom is -0.382 e. The summed E-state index contributed by atoms with van der Waals surface area (Å²) >= 11 is 1.65. The fraction of sp³-hybridized carbons (Fsp3) is 0.444. The number of carbonyl (C=O) groups excluding carboxylic acids is 1. The Kier molecular flexibility index (Phi) is 6.58. The number of aromatic amines is 1. The Labute approximate surface area is 220 Å². The van der Waals surface area contributed by atoms with Gasteiger partial charge in [0, 0.05) is 43.2 Å². The third kappa shape index (κ3) is 4.82. The summed E-state index contributed by atoms with van der Waals surface area (Å²) in [7, 11) is 0. The van der Waals surface area contributed by atoms with Crippen LogP contribution in [0.2, 0.25) is 0 Å². The molecule has 0 saturated carbocycles. The number of nitrogens with one attached hydrogen (secondary N) is 1. The van der Waals surface area contributed by atoms with Gasteiger partial charge in [-0.05, 0) is 80.2 Å². The number of nitrogens with two attached hydrogens (primary N) is 1. The van der Waals surface area contributed by atoms with E-state index in [-0.39, 0.29) is 5.91 Å². The molecule has 10 heteroatoms. The second-order valence-electron chi connectivity index (χ2n) is 10.1. The number of amides is 1. The lowest BCUT2D eigenvalue weighted by Crippen LogP contribution is -2.38. The normalized spacial score (nSPS) is 17.8. The Bertz CT molecular complexity index is 1430. The molecule has 0 radical (unpaired) electrons. The van der Waals surface area contributed by atoms with Crippen molar-refractivity contribution in [1.29, 1.82) is 0 Å². The first kappa shape index (κ1) is 24.0. The summed E-state index contributed by atoms with van der Waals surface area (Å²) < 4.78 is 2.18. The second-order valence-corrected chi connectivity index (χ2v) is 11.1. The van der Waals surface area contributed by atoms with Crippen LogP contribution in [0.5, 0.6) is 0 Å². The van der Waals surface area contributed by atoms with Crippen LogP contribution >= 0.6 is 11.8 Å². The van der Waals surface area contributed by atoms with E-state index in [0.29, 0.717) is 17.3 Å². The van der Waals surface area contributed by atoms with Crippen molar-refractivity contribution < 1.29 is 4.79 Å². The molecular weight excluding hydrogens is 484 g/mol. The van der Waals surface area contributed by atoms with Gasteiger partial charge in [0.1, 0.15) is 6.33 Å². The van der Waals surface area contributed by atoms with Crippen molar-refractivity contribution in [3.63, 3.8) is 0 Å². The molecule has 4 heterocycles. The second kappa shape index (κ2) is 10.2. The number of aromatic nitrogens is 6. The maximum Gasteiger partial charge on any atom is 0.219 e. The van der Waals surface area contributed by atoms with Crippen molar-refractivity contribution in [2.24, 2.45) is 5.92 Å². The molecule has 37 heavy (non-hydrogen) atoms. The molecule has 9 nitrogen and oxygen atoms in total. The van der Waals surface area contributed by atoms with Crippen LogP contribution in [0.15, 0.2) is 40.8 Å². The largest absolute Gasteiger partial charge is 0.382 e. The average Bonchev–Trinajstić information content (AvgIpc) is 3.56. The Balaban J connectivity index is 1.36. The van der Waals surface area contributed by atoms with Gasteiger partial charge in [0.25, 0.3) is 0 Å². The number of nitrogen functional groups attached to an aromatic ring is 1. The third-order valence-corrected chi connectivity index (χ3v) is 8.72. The smallest absolute Gasteiger partial charge is 0.219 e. The summed E-state index contributed by atoms with van der Waals surface area (Å²) in [4.78, 5) is 28.7. The summed E-state index contributed by atoms with van der Waals surface area (Å²) in [5.74, 6) is 1.01. The number of fused-ring (bicyclic) bond motifs is 2. The number of hydrogen-bond donors (Lipinski definition) is 2. The summed E-state index contributed by atoms with van der Waals surface area (Å²) in [6.45, 7) is 4.10. The lowest BCUT2D eigenvalue weighted by molar-refractivity contribution is -0.130. The average molecular weight is 517 g/mol. The van der Waals surface area contributed by atoms with E-state index in [1.165, 1.54) is 30.3 Å². The van der Waals surface area contributed by atoms with Crippen LogP contribution in [-0.2, 0) is 24.2 Å². The summed E-state index contributed by atoms with van der Waals surface area (Å²) in [5.41, 5.74) is 12.5. The van der Waals surface area contributed by atoms with Crippen molar-refractivity contribution in [3.05, 3.63) is 41.9 Å². The molecule has 0 spiro atoms. The standard InChI is InChI=1S/C27H32N8OS/c1-17(36)34-11-4-5-18(15-34)9-12-35-26-24(25(28)29-16-30-26)32-27(35)37-23-14-20-7-3-2-6-19(20)13-21(23)22-8-10-31-33-22/h8,10,13-14,16,18H,2-7,9,11-12,15H2,1H3,(H,31,33)(H2,28,29,30). The van der Waals surface area contributed by atoms with Gasteiger partial charge < -0.3 is 15.2 Å².